The third-order valence-corrected chi connectivity index (χ3v) is 4.88. The summed E-state index contributed by atoms with van der Waals surface area (Å²) in [6, 6.07) is 10.1. The predicted octanol–water partition coefficient (Wildman–Crippen LogP) is 3.90. The largest absolute Gasteiger partial charge is 0.441 e. The molecule has 0 aliphatic heterocycles. The monoisotopic (exact) mass is 346 g/mol. The number of halogens is 1. The molecule has 0 fully saturated rings. The van der Waals surface area contributed by atoms with Gasteiger partial charge in [0.25, 0.3) is 10.0 Å². The zero-order chi connectivity index (χ0) is 17.3. The van der Waals surface area contributed by atoms with Gasteiger partial charge in [-0.3, -0.25) is 4.72 Å². The molecule has 124 valence electrons. The Labute approximate surface area is 139 Å². The van der Waals surface area contributed by atoms with Crippen molar-refractivity contribution >= 4 is 15.7 Å². The van der Waals surface area contributed by atoms with Gasteiger partial charge < -0.3 is 4.42 Å². The van der Waals surface area contributed by atoms with Gasteiger partial charge in [0, 0.05) is 12.5 Å². The fourth-order valence-corrected chi connectivity index (χ4v) is 3.37. The van der Waals surface area contributed by atoms with Gasteiger partial charge >= 0.3 is 0 Å². The number of hydrogen-bond acceptors (Lipinski definition) is 4. The first-order chi connectivity index (χ1) is 11.3. The molecule has 3 rings (SSSR count). The van der Waals surface area contributed by atoms with Crippen LogP contribution in [0.5, 0.6) is 0 Å². The minimum absolute atomic E-state index is 0.103. The minimum Gasteiger partial charge on any atom is -0.441 e. The Bertz CT molecular complexity index is 979. The number of anilines is 1. The van der Waals surface area contributed by atoms with Gasteiger partial charge in [0.1, 0.15) is 5.82 Å². The van der Waals surface area contributed by atoms with E-state index in [1.54, 1.807) is 32.2 Å². The molecule has 0 amide bonds. The zero-order valence-electron chi connectivity index (χ0n) is 13.1. The summed E-state index contributed by atoms with van der Waals surface area (Å²) in [5.41, 5.74) is 1.58. The molecule has 7 heteroatoms. The topological polar surface area (TPSA) is 72.2 Å². The Morgan fingerprint density at radius 1 is 1.08 bits per heavy atom. The lowest BCUT2D eigenvalue weighted by Crippen LogP contribution is -2.13. The molecule has 5 nitrogen and oxygen atoms in total. The molecule has 1 N–H and O–H groups in total. The van der Waals surface area contributed by atoms with E-state index in [0.29, 0.717) is 22.9 Å². The van der Waals surface area contributed by atoms with Crippen molar-refractivity contribution in [2.45, 2.75) is 18.7 Å². The minimum atomic E-state index is -3.76. The molecular formula is C17H15FN2O3S. The van der Waals surface area contributed by atoms with Crippen molar-refractivity contribution in [1.82, 2.24) is 4.98 Å². The molecule has 0 saturated carbocycles. The van der Waals surface area contributed by atoms with E-state index in [4.69, 9.17) is 4.42 Å². The number of aromatic nitrogens is 1. The first-order valence-corrected chi connectivity index (χ1v) is 8.65. The van der Waals surface area contributed by atoms with E-state index in [0.717, 1.165) is 5.56 Å². The molecule has 0 radical (unpaired) electrons. The zero-order valence-corrected chi connectivity index (χ0v) is 13.9. The van der Waals surface area contributed by atoms with Gasteiger partial charge in [0.15, 0.2) is 11.7 Å². The van der Waals surface area contributed by atoms with Crippen molar-refractivity contribution in [3.05, 3.63) is 65.9 Å². The van der Waals surface area contributed by atoms with E-state index in [1.165, 1.54) is 30.3 Å². The third kappa shape index (κ3) is 3.30. The molecule has 2 aromatic carbocycles. The van der Waals surface area contributed by atoms with Crippen LogP contribution in [0.15, 0.2) is 58.0 Å². The van der Waals surface area contributed by atoms with Gasteiger partial charge in [0.2, 0.25) is 0 Å². The summed E-state index contributed by atoms with van der Waals surface area (Å²) in [6.07, 6.45) is 1.58. The standard InChI is InChI=1S/C17H15FN2O3S/c1-11-9-14(18)5-8-16(11)20-24(21,22)15-6-3-13(4-7-15)17-10-19-12(2)23-17/h3-10,20H,1-2H3. The Morgan fingerprint density at radius 2 is 1.79 bits per heavy atom. The summed E-state index contributed by atoms with van der Waals surface area (Å²) in [5.74, 6) is 0.691. The second-order valence-electron chi connectivity index (χ2n) is 5.33. The summed E-state index contributed by atoms with van der Waals surface area (Å²) >= 11 is 0. The maximum absolute atomic E-state index is 13.1. The van der Waals surface area contributed by atoms with E-state index in [-0.39, 0.29) is 4.90 Å². The highest BCUT2D eigenvalue weighted by Crippen LogP contribution is 2.24. The number of sulfonamides is 1. The van der Waals surface area contributed by atoms with Crippen molar-refractivity contribution in [1.29, 1.82) is 0 Å². The van der Waals surface area contributed by atoms with Crippen molar-refractivity contribution in [2.24, 2.45) is 0 Å². The first-order valence-electron chi connectivity index (χ1n) is 7.17. The van der Waals surface area contributed by atoms with E-state index in [9.17, 15) is 12.8 Å². The fourth-order valence-electron chi connectivity index (χ4n) is 2.24. The molecule has 0 aliphatic carbocycles. The number of oxazole rings is 1. The van der Waals surface area contributed by atoms with Gasteiger partial charge in [-0.15, -0.1) is 0 Å². The fraction of sp³-hybridized carbons (Fsp3) is 0.118. The summed E-state index contributed by atoms with van der Waals surface area (Å²) in [4.78, 5) is 4.11. The second-order valence-corrected chi connectivity index (χ2v) is 7.02. The van der Waals surface area contributed by atoms with Crippen LogP contribution >= 0.6 is 0 Å². The molecule has 0 bridgehead atoms. The number of aryl methyl sites for hydroxylation is 2. The van der Waals surface area contributed by atoms with Crippen LogP contribution in [0.2, 0.25) is 0 Å². The van der Waals surface area contributed by atoms with Crippen molar-refractivity contribution in [3.63, 3.8) is 0 Å². The number of benzene rings is 2. The Balaban J connectivity index is 1.87. The number of nitrogens with zero attached hydrogens (tertiary/aromatic N) is 1. The predicted molar refractivity (Wildman–Crippen MR) is 88.6 cm³/mol. The molecule has 1 aromatic heterocycles. The summed E-state index contributed by atoms with van der Waals surface area (Å²) < 4.78 is 45.9. The van der Waals surface area contributed by atoms with Gasteiger partial charge in [-0.25, -0.2) is 17.8 Å². The number of hydrogen-bond donors (Lipinski definition) is 1. The smallest absolute Gasteiger partial charge is 0.261 e. The van der Waals surface area contributed by atoms with Crippen molar-refractivity contribution in [3.8, 4) is 11.3 Å². The number of nitrogens with one attached hydrogen (secondary N) is 1. The lowest BCUT2D eigenvalue weighted by atomic mass is 10.2. The molecule has 3 aromatic rings. The van der Waals surface area contributed by atoms with E-state index in [1.807, 2.05) is 0 Å². The van der Waals surface area contributed by atoms with E-state index >= 15 is 0 Å². The van der Waals surface area contributed by atoms with E-state index in [2.05, 4.69) is 9.71 Å². The van der Waals surface area contributed by atoms with Gasteiger partial charge in [-0.05, 0) is 55.0 Å². The lowest BCUT2D eigenvalue weighted by Gasteiger charge is -2.11. The number of rotatable bonds is 4. The normalized spacial score (nSPS) is 11.5. The maximum atomic E-state index is 13.1. The van der Waals surface area contributed by atoms with Crippen LogP contribution in [-0.4, -0.2) is 13.4 Å². The SMILES string of the molecule is Cc1ncc(-c2ccc(S(=O)(=O)Nc3ccc(F)cc3C)cc2)o1. The Hall–Kier alpha value is -2.67. The Kier molecular flexibility index (Phi) is 4.11. The molecule has 0 atom stereocenters. The molecular weight excluding hydrogens is 331 g/mol. The van der Waals surface area contributed by atoms with Crippen LogP contribution in [0.4, 0.5) is 10.1 Å². The van der Waals surface area contributed by atoms with Gasteiger partial charge in [0.05, 0.1) is 16.8 Å². The molecule has 0 saturated heterocycles. The highest BCUT2D eigenvalue weighted by molar-refractivity contribution is 7.92. The molecule has 0 unspecified atom stereocenters. The second kappa shape index (κ2) is 6.09. The highest BCUT2D eigenvalue weighted by Gasteiger charge is 2.16. The highest BCUT2D eigenvalue weighted by atomic mass is 32.2. The quantitative estimate of drug-likeness (QED) is 0.778. The van der Waals surface area contributed by atoms with Crippen LogP contribution in [0.3, 0.4) is 0 Å². The van der Waals surface area contributed by atoms with Crippen LogP contribution < -0.4 is 4.72 Å². The average molecular weight is 346 g/mol. The molecule has 0 aliphatic rings. The van der Waals surface area contributed by atoms with E-state index < -0.39 is 15.8 Å². The van der Waals surface area contributed by atoms with Crippen molar-refractivity contribution in [2.75, 3.05) is 4.72 Å². The van der Waals surface area contributed by atoms with Gasteiger partial charge in [-0.2, -0.15) is 0 Å². The third-order valence-electron chi connectivity index (χ3n) is 3.50. The van der Waals surface area contributed by atoms with Crippen LogP contribution in [0, 0.1) is 19.7 Å². The lowest BCUT2D eigenvalue weighted by molar-refractivity contribution is 0.534. The van der Waals surface area contributed by atoms with Crippen LogP contribution in [0.1, 0.15) is 11.5 Å². The average Bonchev–Trinajstić information content (AvgIpc) is 2.97. The molecule has 1 heterocycles. The summed E-state index contributed by atoms with van der Waals surface area (Å²) in [7, 11) is -3.76. The van der Waals surface area contributed by atoms with Gasteiger partial charge in [-0.1, -0.05) is 0 Å². The molecule has 0 spiro atoms. The van der Waals surface area contributed by atoms with Crippen LogP contribution in [-0.2, 0) is 10.0 Å². The summed E-state index contributed by atoms with van der Waals surface area (Å²) in [5, 5.41) is 0. The maximum Gasteiger partial charge on any atom is 0.261 e. The molecule has 24 heavy (non-hydrogen) atoms. The first kappa shape index (κ1) is 16.2. The summed E-state index contributed by atoms with van der Waals surface area (Å²) in [6.45, 7) is 3.37. The van der Waals surface area contributed by atoms with Crippen LogP contribution in [0.25, 0.3) is 11.3 Å². The Morgan fingerprint density at radius 3 is 2.38 bits per heavy atom. The van der Waals surface area contributed by atoms with Crippen molar-refractivity contribution < 1.29 is 17.2 Å².